The number of allylic oxidation sites excluding steroid dienone is 6. The molecule has 126 valence electrons. The Bertz CT molecular complexity index is 240. The van der Waals surface area contributed by atoms with E-state index in [2.05, 4.69) is 56.7 Å². The van der Waals surface area contributed by atoms with Crippen LogP contribution in [0.3, 0.4) is 0 Å². The van der Waals surface area contributed by atoms with E-state index < -0.39 is 0 Å². The Kier molecular flexibility index (Phi) is 49.2. The summed E-state index contributed by atoms with van der Waals surface area (Å²) in [5.74, 6) is 1.42. The van der Waals surface area contributed by atoms with Crippen LogP contribution in [0.2, 0.25) is 0 Å². The van der Waals surface area contributed by atoms with Gasteiger partial charge in [-0.2, -0.15) is 55.0 Å². The van der Waals surface area contributed by atoms with E-state index in [4.69, 9.17) is 0 Å². The average molecular weight is 340 g/mol. The standard InChI is InChI=1S/C6H10.C5H5.C4H9.2C2H6N.Ti/c1-5(2)6(3)4;1-2-4-5-3-1;1-4(2)3;2*1-3-2;/h1,3H2,2,4H3;1-3H,4H2;1-3H3;2*1-2H3;/q;4*-1;+4. The summed E-state index contributed by atoms with van der Waals surface area (Å²) in [6.45, 7) is 17.5. The second-order valence-electron chi connectivity index (χ2n) is 4.96. The maximum absolute atomic E-state index is 3.66. The van der Waals surface area contributed by atoms with Gasteiger partial charge in [-0.3, -0.25) is 6.08 Å². The Hall–Kier alpha value is -0.406. The molecule has 0 aliphatic heterocycles. The van der Waals surface area contributed by atoms with E-state index in [-0.39, 0.29) is 21.7 Å². The minimum atomic E-state index is 0. The predicted octanol–water partition coefficient (Wildman–Crippen LogP) is 6.30. The predicted molar refractivity (Wildman–Crippen MR) is 102 cm³/mol. The van der Waals surface area contributed by atoms with Gasteiger partial charge in [0.05, 0.1) is 0 Å². The van der Waals surface area contributed by atoms with Crippen LogP contribution in [0.15, 0.2) is 42.5 Å². The van der Waals surface area contributed by atoms with Crippen molar-refractivity contribution in [1.29, 1.82) is 0 Å². The fourth-order valence-electron chi connectivity index (χ4n) is 0.340. The van der Waals surface area contributed by atoms with Crippen molar-refractivity contribution in [3.63, 3.8) is 0 Å². The Morgan fingerprint density at radius 1 is 0.955 bits per heavy atom. The normalized spacial score (nSPS) is 9.36. The Morgan fingerprint density at radius 2 is 1.23 bits per heavy atom. The minimum Gasteiger partial charge on any atom is -0.668 e. The van der Waals surface area contributed by atoms with E-state index in [0.717, 1.165) is 17.6 Å². The second kappa shape index (κ2) is 32.5. The smallest absolute Gasteiger partial charge is 0.668 e. The summed E-state index contributed by atoms with van der Waals surface area (Å²) in [4.78, 5) is 0. The molecule has 0 heterocycles. The molecule has 0 aromatic heterocycles. The maximum atomic E-state index is 3.66. The van der Waals surface area contributed by atoms with Crippen molar-refractivity contribution in [2.24, 2.45) is 0 Å². The van der Waals surface area contributed by atoms with Crippen molar-refractivity contribution in [2.75, 3.05) is 28.2 Å². The van der Waals surface area contributed by atoms with Gasteiger partial charge in [0.1, 0.15) is 0 Å². The van der Waals surface area contributed by atoms with Crippen LogP contribution in [0.4, 0.5) is 0 Å². The molecule has 2 nitrogen and oxygen atoms in total. The van der Waals surface area contributed by atoms with Crippen LogP contribution < -0.4 is 0 Å². The summed E-state index contributed by atoms with van der Waals surface area (Å²) < 4.78 is 0. The molecule has 0 bridgehead atoms. The summed E-state index contributed by atoms with van der Waals surface area (Å²) in [7, 11) is 7.00. The third-order valence-electron chi connectivity index (χ3n) is 1.31. The molecular formula is C19H36N2Ti. The number of rotatable bonds is 1. The topological polar surface area (TPSA) is 28.2 Å². The molecule has 1 rings (SSSR count). The van der Waals surface area contributed by atoms with Gasteiger partial charge >= 0.3 is 21.7 Å². The van der Waals surface area contributed by atoms with Crippen LogP contribution in [-0.2, 0) is 21.7 Å². The van der Waals surface area contributed by atoms with Gasteiger partial charge in [0, 0.05) is 0 Å². The van der Waals surface area contributed by atoms with Crippen molar-refractivity contribution in [3.8, 4) is 0 Å². The van der Waals surface area contributed by atoms with Crippen LogP contribution in [0.1, 0.15) is 41.0 Å². The van der Waals surface area contributed by atoms with Gasteiger partial charge in [-0.1, -0.05) is 24.3 Å². The quantitative estimate of drug-likeness (QED) is 0.304. The van der Waals surface area contributed by atoms with E-state index >= 15 is 0 Å². The zero-order valence-electron chi connectivity index (χ0n) is 16.2. The molecule has 0 saturated carbocycles. The van der Waals surface area contributed by atoms with Gasteiger partial charge in [0.2, 0.25) is 0 Å². The first kappa shape index (κ1) is 33.3. The van der Waals surface area contributed by atoms with Crippen molar-refractivity contribution < 1.29 is 21.7 Å². The van der Waals surface area contributed by atoms with Crippen molar-refractivity contribution >= 4 is 0 Å². The zero-order chi connectivity index (χ0) is 17.7. The molecule has 0 amide bonds. The fraction of sp³-hybridized carbons (Fsp3) is 0.526. The van der Waals surface area contributed by atoms with E-state index in [1.165, 1.54) is 5.92 Å². The van der Waals surface area contributed by atoms with E-state index in [1.54, 1.807) is 28.2 Å². The summed E-state index contributed by atoms with van der Waals surface area (Å²) >= 11 is 0. The molecule has 0 spiro atoms. The van der Waals surface area contributed by atoms with Gasteiger partial charge in [-0.15, -0.1) is 6.42 Å². The molecule has 1 aliphatic carbocycles. The molecule has 0 aromatic carbocycles. The summed E-state index contributed by atoms with van der Waals surface area (Å²) in [6.07, 6.45) is 10.0. The molecule has 22 heavy (non-hydrogen) atoms. The van der Waals surface area contributed by atoms with Crippen molar-refractivity contribution in [1.82, 2.24) is 0 Å². The molecule has 0 fully saturated rings. The largest absolute Gasteiger partial charge is 4.00 e. The molecule has 0 radical (unpaired) electrons. The monoisotopic (exact) mass is 340 g/mol. The first-order valence-electron chi connectivity index (χ1n) is 6.96. The fourth-order valence-corrected chi connectivity index (χ4v) is 0.340. The average Bonchev–Trinajstić information content (AvgIpc) is 2.88. The Labute approximate surface area is 156 Å². The van der Waals surface area contributed by atoms with E-state index in [0.29, 0.717) is 0 Å². The minimum absolute atomic E-state index is 0. The first-order chi connectivity index (χ1) is 9.70. The molecule has 1 aliphatic rings. The number of nitrogens with zero attached hydrogens (tertiary/aromatic N) is 2. The third kappa shape index (κ3) is 91.7. The molecule has 0 N–H and O–H groups in total. The Morgan fingerprint density at radius 3 is 1.27 bits per heavy atom. The molecule has 0 aromatic rings. The van der Waals surface area contributed by atoms with Crippen LogP contribution in [0, 0.1) is 12.0 Å². The van der Waals surface area contributed by atoms with Gasteiger partial charge in [-0.25, -0.2) is 12.2 Å². The van der Waals surface area contributed by atoms with E-state index in [9.17, 15) is 0 Å². The van der Waals surface area contributed by atoms with Crippen molar-refractivity contribution in [3.05, 3.63) is 65.2 Å². The summed E-state index contributed by atoms with van der Waals surface area (Å²) in [5, 5.41) is 7.00. The molecule has 0 atom stereocenters. The van der Waals surface area contributed by atoms with Crippen LogP contribution in [-0.4, -0.2) is 28.2 Å². The molecular weight excluding hydrogens is 304 g/mol. The van der Waals surface area contributed by atoms with Crippen LogP contribution in [0.25, 0.3) is 10.6 Å². The van der Waals surface area contributed by atoms with Gasteiger partial charge in [-0.05, 0) is 13.8 Å². The van der Waals surface area contributed by atoms with Crippen molar-refractivity contribution in [2.45, 2.75) is 41.0 Å². The van der Waals surface area contributed by atoms with Gasteiger partial charge in [0.15, 0.2) is 0 Å². The van der Waals surface area contributed by atoms with Gasteiger partial charge < -0.3 is 16.6 Å². The molecule has 0 unspecified atom stereocenters. The Balaban J connectivity index is -0.0000000557. The maximum Gasteiger partial charge on any atom is 4.00 e. The molecule has 3 heteroatoms. The number of hydrogen-bond donors (Lipinski definition) is 0. The SMILES string of the molecule is C=C(C)C(=C)C.C[C-](C)C.C[N-]C.C[N-]C.[C-]1=CC=CC1.[Ti+4]. The van der Waals surface area contributed by atoms with Crippen LogP contribution >= 0.6 is 0 Å². The van der Waals surface area contributed by atoms with Crippen LogP contribution in [0.5, 0.6) is 0 Å². The first-order valence-corrected chi connectivity index (χ1v) is 6.96. The zero-order valence-corrected chi connectivity index (χ0v) is 17.8. The molecule has 0 saturated heterocycles. The summed E-state index contributed by atoms with van der Waals surface area (Å²) in [5.41, 5.74) is 2.13. The number of hydrogen-bond acceptors (Lipinski definition) is 0. The van der Waals surface area contributed by atoms with E-state index in [1.807, 2.05) is 26.0 Å². The third-order valence-corrected chi connectivity index (χ3v) is 1.31. The van der Waals surface area contributed by atoms with Gasteiger partial charge in [0.25, 0.3) is 0 Å². The summed E-state index contributed by atoms with van der Waals surface area (Å²) in [6, 6.07) is 0. The second-order valence-corrected chi connectivity index (χ2v) is 4.96.